The Bertz CT molecular complexity index is 527. The summed E-state index contributed by atoms with van der Waals surface area (Å²) in [6.45, 7) is 5.56. The molecule has 2 N–H and O–H groups in total. The predicted molar refractivity (Wildman–Crippen MR) is 115 cm³/mol. The monoisotopic (exact) mass is 462 g/mol. The first-order valence-corrected chi connectivity index (χ1v) is 9.67. The first kappa shape index (κ1) is 20.0. The molecule has 0 aromatic carbocycles. The molecule has 1 aromatic heterocycles. The Labute approximate surface area is 167 Å². The topological polar surface area (TPSA) is 39.7 Å². The van der Waals surface area contributed by atoms with E-state index in [0.717, 1.165) is 19.0 Å². The zero-order valence-corrected chi connectivity index (χ0v) is 18.2. The zero-order chi connectivity index (χ0) is 16.3. The van der Waals surface area contributed by atoms with E-state index < -0.39 is 0 Å². The van der Waals surface area contributed by atoms with Crippen LogP contribution in [0.3, 0.4) is 0 Å². The maximum Gasteiger partial charge on any atom is 0.191 e. The lowest BCUT2D eigenvalue weighted by atomic mass is 9.88. The van der Waals surface area contributed by atoms with Crippen LogP contribution in [0.15, 0.2) is 22.5 Å². The molecule has 1 aromatic rings. The molecule has 0 bridgehead atoms. The van der Waals surface area contributed by atoms with E-state index in [-0.39, 0.29) is 24.0 Å². The molecule has 0 spiro atoms. The molecule has 2 fully saturated rings. The van der Waals surface area contributed by atoms with Crippen LogP contribution in [-0.2, 0) is 0 Å². The van der Waals surface area contributed by atoms with Gasteiger partial charge in [0.1, 0.15) is 0 Å². The normalized spacial score (nSPS) is 26.5. The first-order chi connectivity index (χ1) is 11.1. The van der Waals surface area contributed by atoms with E-state index in [2.05, 4.69) is 52.0 Å². The van der Waals surface area contributed by atoms with Crippen LogP contribution in [-0.4, -0.2) is 44.6 Å². The maximum absolute atomic E-state index is 4.39. The number of rotatable bonds is 5. The number of piperidine rings is 1. The van der Waals surface area contributed by atoms with Crippen LogP contribution in [0.2, 0.25) is 0 Å². The zero-order valence-electron chi connectivity index (χ0n) is 15.0. The third-order valence-corrected chi connectivity index (χ3v) is 6.33. The van der Waals surface area contributed by atoms with Crippen LogP contribution < -0.4 is 10.6 Å². The fourth-order valence-corrected chi connectivity index (χ4v) is 4.50. The second kappa shape index (κ2) is 8.85. The maximum atomic E-state index is 4.39. The second-order valence-electron chi connectivity index (χ2n) is 7.46. The summed E-state index contributed by atoms with van der Waals surface area (Å²) >= 11 is 1.88. The lowest BCUT2D eigenvalue weighted by molar-refractivity contribution is 0.125. The lowest BCUT2D eigenvalue weighted by Gasteiger charge is -2.39. The summed E-state index contributed by atoms with van der Waals surface area (Å²) in [6, 6.07) is 4.99. The largest absolute Gasteiger partial charge is 0.356 e. The molecule has 4 nitrogen and oxygen atoms in total. The molecule has 1 saturated carbocycles. The van der Waals surface area contributed by atoms with Crippen molar-refractivity contribution in [2.24, 2.45) is 16.3 Å². The minimum Gasteiger partial charge on any atom is -0.356 e. The van der Waals surface area contributed by atoms with Gasteiger partial charge in [-0.15, -0.1) is 35.3 Å². The minimum absolute atomic E-state index is 0. The third kappa shape index (κ3) is 5.08. The number of nitrogens with one attached hydrogen (secondary N) is 2. The van der Waals surface area contributed by atoms with Crippen molar-refractivity contribution in [2.75, 3.05) is 33.7 Å². The van der Waals surface area contributed by atoms with Crippen LogP contribution in [0.1, 0.15) is 43.5 Å². The first-order valence-electron chi connectivity index (χ1n) is 8.79. The molecular weight excluding hydrogens is 431 g/mol. The van der Waals surface area contributed by atoms with E-state index in [1.165, 1.54) is 37.1 Å². The number of nitrogens with zero attached hydrogens (tertiary/aromatic N) is 2. The molecule has 2 atom stereocenters. The summed E-state index contributed by atoms with van der Waals surface area (Å²) in [5.74, 6) is 1.60. The van der Waals surface area contributed by atoms with Crippen LogP contribution in [0.4, 0.5) is 0 Å². The molecule has 2 unspecified atom stereocenters. The Morgan fingerprint density at radius 2 is 2.21 bits per heavy atom. The van der Waals surface area contributed by atoms with E-state index in [1.54, 1.807) is 0 Å². The number of thiophene rings is 1. The molecule has 1 saturated heterocycles. The standard InChI is InChI=1S/C18H30N4S.HI/c1-18(8-9-18)13-21-17(19-2)20-12-14-6-4-10-22(3)16(14)15-7-5-11-23-15;/h5,7,11,14,16H,4,6,8-10,12-13H2,1-3H3,(H2,19,20,21);1H. The van der Waals surface area contributed by atoms with Crippen molar-refractivity contribution in [3.8, 4) is 0 Å². The molecule has 24 heavy (non-hydrogen) atoms. The summed E-state index contributed by atoms with van der Waals surface area (Å²) in [7, 11) is 4.13. The highest BCUT2D eigenvalue weighted by Gasteiger charge is 2.37. The van der Waals surface area contributed by atoms with Crippen LogP contribution in [0, 0.1) is 11.3 Å². The fraction of sp³-hybridized carbons (Fsp3) is 0.722. The van der Waals surface area contributed by atoms with E-state index in [9.17, 15) is 0 Å². The molecule has 0 radical (unpaired) electrons. The van der Waals surface area contributed by atoms with Gasteiger partial charge in [-0.1, -0.05) is 13.0 Å². The van der Waals surface area contributed by atoms with Crippen molar-refractivity contribution in [3.05, 3.63) is 22.4 Å². The quantitative estimate of drug-likeness (QED) is 0.398. The van der Waals surface area contributed by atoms with Gasteiger partial charge >= 0.3 is 0 Å². The number of hydrogen-bond acceptors (Lipinski definition) is 3. The minimum atomic E-state index is 0. The van der Waals surface area contributed by atoms with Gasteiger partial charge in [0, 0.05) is 31.1 Å². The Morgan fingerprint density at radius 1 is 1.42 bits per heavy atom. The van der Waals surface area contributed by atoms with Gasteiger partial charge in [-0.25, -0.2) is 0 Å². The van der Waals surface area contributed by atoms with Gasteiger partial charge in [-0.2, -0.15) is 0 Å². The van der Waals surface area contributed by atoms with Crippen molar-refractivity contribution in [1.82, 2.24) is 15.5 Å². The Hall–Kier alpha value is -0.340. The summed E-state index contributed by atoms with van der Waals surface area (Å²) in [6.07, 6.45) is 5.25. The molecular formula is C18H31IN4S. The van der Waals surface area contributed by atoms with Crippen LogP contribution >= 0.6 is 35.3 Å². The van der Waals surface area contributed by atoms with E-state index >= 15 is 0 Å². The number of hydrogen-bond donors (Lipinski definition) is 2. The highest BCUT2D eigenvalue weighted by molar-refractivity contribution is 14.0. The van der Waals surface area contributed by atoms with Crippen LogP contribution in [0.5, 0.6) is 0 Å². The highest BCUT2D eigenvalue weighted by atomic mass is 127. The predicted octanol–water partition coefficient (Wildman–Crippen LogP) is 3.71. The molecule has 136 valence electrons. The van der Waals surface area contributed by atoms with Crippen molar-refractivity contribution in [1.29, 1.82) is 0 Å². The number of halogens is 1. The second-order valence-corrected chi connectivity index (χ2v) is 8.44. The number of guanidine groups is 1. The number of likely N-dealkylation sites (tertiary alicyclic amines) is 1. The lowest BCUT2D eigenvalue weighted by Crippen LogP contribution is -2.45. The molecule has 2 heterocycles. The Balaban J connectivity index is 0.00000208. The van der Waals surface area contributed by atoms with Gasteiger partial charge in [-0.3, -0.25) is 9.89 Å². The Kier molecular flexibility index (Phi) is 7.37. The average molecular weight is 462 g/mol. The molecule has 2 aliphatic rings. The summed E-state index contributed by atoms with van der Waals surface area (Å²) < 4.78 is 0. The van der Waals surface area contributed by atoms with Gasteiger partial charge < -0.3 is 10.6 Å². The van der Waals surface area contributed by atoms with Gasteiger partial charge in [0.2, 0.25) is 0 Å². The van der Waals surface area contributed by atoms with Gasteiger partial charge in [0.05, 0.1) is 0 Å². The third-order valence-electron chi connectivity index (χ3n) is 5.38. The Morgan fingerprint density at radius 3 is 2.83 bits per heavy atom. The molecule has 0 amide bonds. The summed E-state index contributed by atoms with van der Waals surface area (Å²) in [4.78, 5) is 8.40. The van der Waals surface area contributed by atoms with Gasteiger partial charge in [0.15, 0.2) is 5.96 Å². The van der Waals surface area contributed by atoms with E-state index in [0.29, 0.717) is 17.4 Å². The smallest absolute Gasteiger partial charge is 0.191 e. The van der Waals surface area contributed by atoms with E-state index in [4.69, 9.17) is 0 Å². The van der Waals surface area contributed by atoms with Gasteiger partial charge in [0.25, 0.3) is 0 Å². The fourth-order valence-electron chi connectivity index (χ4n) is 3.52. The molecule has 6 heteroatoms. The molecule has 1 aliphatic heterocycles. The van der Waals surface area contributed by atoms with Crippen molar-refractivity contribution < 1.29 is 0 Å². The highest BCUT2D eigenvalue weighted by Crippen LogP contribution is 2.44. The van der Waals surface area contributed by atoms with E-state index in [1.807, 2.05) is 18.4 Å². The van der Waals surface area contributed by atoms with Crippen LogP contribution in [0.25, 0.3) is 0 Å². The molecule has 1 aliphatic carbocycles. The summed E-state index contributed by atoms with van der Waals surface area (Å²) in [5, 5.41) is 9.26. The van der Waals surface area contributed by atoms with Crippen molar-refractivity contribution in [2.45, 2.75) is 38.6 Å². The average Bonchev–Trinajstić information content (AvgIpc) is 3.06. The van der Waals surface area contributed by atoms with Crippen molar-refractivity contribution >= 4 is 41.3 Å². The summed E-state index contributed by atoms with van der Waals surface area (Å²) in [5.41, 5.74) is 0.502. The van der Waals surface area contributed by atoms with Gasteiger partial charge in [-0.05, 0) is 62.1 Å². The van der Waals surface area contributed by atoms with Crippen molar-refractivity contribution in [3.63, 3.8) is 0 Å². The SMILES string of the molecule is CN=C(NCC1CCCN(C)C1c1cccs1)NCC1(C)CC1.I. The number of aliphatic imine (C=N–C) groups is 1. The molecule has 3 rings (SSSR count).